The molecule has 1 fully saturated rings. The molecule has 2 aliphatic rings. The van der Waals surface area contributed by atoms with Gasteiger partial charge in [-0.2, -0.15) is 5.10 Å². The normalized spacial score (nSPS) is 21.9. The minimum absolute atomic E-state index is 0.0168. The van der Waals surface area contributed by atoms with E-state index < -0.39 is 35.0 Å². The van der Waals surface area contributed by atoms with Gasteiger partial charge in [-0.1, -0.05) is 11.6 Å². The van der Waals surface area contributed by atoms with Crippen LogP contribution < -0.4 is 4.90 Å². The zero-order chi connectivity index (χ0) is 19.9. The van der Waals surface area contributed by atoms with Crippen molar-refractivity contribution in [3.8, 4) is 0 Å². The number of nitrogens with zero attached hydrogens (tertiary/aromatic N) is 3. The molecule has 8 nitrogen and oxygen atoms in total. The number of amides is 3. The van der Waals surface area contributed by atoms with Gasteiger partial charge in [-0.3, -0.25) is 14.4 Å². The van der Waals surface area contributed by atoms with Crippen LogP contribution in [0.2, 0.25) is 5.02 Å². The molecule has 1 aromatic rings. The van der Waals surface area contributed by atoms with E-state index in [0.717, 1.165) is 16.0 Å². The summed E-state index contributed by atoms with van der Waals surface area (Å²) in [4.78, 5) is 50.5. The van der Waals surface area contributed by atoms with Crippen LogP contribution in [0.5, 0.6) is 0 Å². The number of esters is 1. The third kappa shape index (κ3) is 2.97. The average molecular weight is 396 g/mol. The molecule has 0 radical (unpaired) electrons. The first kappa shape index (κ1) is 19.0. The van der Waals surface area contributed by atoms with E-state index in [9.17, 15) is 23.6 Å². The third-order valence-corrected chi connectivity index (χ3v) is 4.66. The molecule has 142 valence electrons. The van der Waals surface area contributed by atoms with Gasteiger partial charge in [0, 0.05) is 13.3 Å². The molecule has 3 amide bonds. The zero-order valence-electron chi connectivity index (χ0n) is 14.5. The number of halogens is 2. The second-order valence-electron chi connectivity index (χ2n) is 6.12. The van der Waals surface area contributed by atoms with Crippen molar-refractivity contribution in [1.29, 1.82) is 0 Å². The summed E-state index contributed by atoms with van der Waals surface area (Å²) in [7, 11) is 0. The van der Waals surface area contributed by atoms with Crippen molar-refractivity contribution in [2.75, 3.05) is 11.5 Å². The van der Waals surface area contributed by atoms with E-state index in [0.29, 0.717) is 0 Å². The number of imide groups is 1. The van der Waals surface area contributed by atoms with Gasteiger partial charge in [0.05, 0.1) is 23.7 Å². The Bertz CT molecular complexity index is 903. The fourth-order valence-electron chi connectivity index (χ4n) is 3.22. The fraction of sp³-hybridized carbons (Fsp3) is 0.353. The summed E-state index contributed by atoms with van der Waals surface area (Å²) >= 11 is 5.64. The summed E-state index contributed by atoms with van der Waals surface area (Å²) in [5, 5.41) is 4.60. The predicted octanol–water partition coefficient (Wildman–Crippen LogP) is 1.65. The molecule has 0 unspecified atom stereocenters. The van der Waals surface area contributed by atoms with Crippen LogP contribution in [0, 0.1) is 5.82 Å². The zero-order valence-corrected chi connectivity index (χ0v) is 15.2. The van der Waals surface area contributed by atoms with E-state index >= 15 is 0 Å². The maximum Gasteiger partial charge on any atom is 0.354 e. The highest BCUT2D eigenvalue weighted by Crippen LogP contribution is 2.41. The van der Waals surface area contributed by atoms with Crippen LogP contribution in [0.4, 0.5) is 10.1 Å². The number of rotatable bonds is 3. The van der Waals surface area contributed by atoms with Crippen LogP contribution in [0.25, 0.3) is 0 Å². The second-order valence-corrected chi connectivity index (χ2v) is 6.52. The van der Waals surface area contributed by atoms with Crippen molar-refractivity contribution in [1.82, 2.24) is 5.01 Å². The molecule has 1 atom stereocenters. The number of carbonyl (C=O) groups excluding carboxylic acids is 4. The summed E-state index contributed by atoms with van der Waals surface area (Å²) < 4.78 is 18.7. The fourth-order valence-corrected chi connectivity index (χ4v) is 3.34. The summed E-state index contributed by atoms with van der Waals surface area (Å²) in [5.41, 5.74) is -1.81. The number of ether oxygens (including phenoxy) is 1. The maximum absolute atomic E-state index is 13.8. The molecule has 1 saturated heterocycles. The van der Waals surface area contributed by atoms with Gasteiger partial charge in [-0.15, -0.1) is 0 Å². The molecule has 0 aliphatic carbocycles. The number of hydrogen-bond acceptors (Lipinski definition) is 6. The molecular formula is C17H15ClFN3O5. The first-order chi connectivity index (χ1) is 12.7. The van der Waals surface area contributed by atoms with Gasteiger partial charge >= 0.3 is 5.97 Å². The van der Waals surface area contributed by atoms with Gasteiger partial charge in [0.2, 0.25) is 11.8 Å². The molecule has 0 bridgehead atoms. The topological polar surface area (TPSA) is 96.3 Å². The number of hydrogen-bond donors (Lipinski definition) is 0. The first-order valence-electron chi connectivity index (χ1n) is 8.09. The highest BCUT2D eigenvalue weighted by atomic mass is 35.5. The van der Waals surface area contributed by atoms with Crippen LogP contribution in [-0.4, -0.2) is 46.6 Å². The molecule has 10 heteroatoms. The van der Waals surface area contributed by atoms with E-state index in [1.165, 1.54) is 19.1 Å². The van der Waals surface area contributed by atoms with Crippen LogP contribution in [0.1, 0.15) is 26.7 Å². The van der Waals surface area contributed by atoms with E-state index in [-0.39, 0.29) is 35.9 Å². The van der Waals surface area contributed by atoms with Crippen LogP contribution in [-0.2, 0) is 23.9 Å². The molecular weight excluding hydrogens is 381 g/mol. The molecule has 0 aromatic heterocycles. The molecule has 0 N–H and O–H groups in total. The van der Waals surface area contributed by atoms with Gasteiger partial charge in [0.15, 0.2) is 5.54 Å². The summed E-state index contributed by atoms with van der Waals surface area (Å²) in [6.07, 6.45) is -0.648. The molecule has 27 heavy (non-hydrogen) atoms. The molecule has 1 aromatic carbocycles. The maximum atomic E-state index is 13.8. The highest BCUT2D eigenvalue weighted by molar-refractivity contribution is 6.39. The molecule has 3 rings (SSSR count). The van der Waals surface area contributed by atoms with E-state index in [1.807, 2.05) is 0 Å². The monoisotopic (exact) mass is 395 g/mol. The van der Waals surface area contributed by atoms with Crippen molar-refractivity contribution < 1.29 is 28.3 Å². The van der Waals surface area contributed by atoms with Gasteiger partial charge < -0.3 is 4.74 Å². The Morgan fingerprint density at radius 2 is 2.04 bits per heavy atom. The van der Waals surface area contributed by atoms with Crippen molar-refractivity contribution in [2.24, 2.45) is 5.10 Å². The second kappa shape index (κ2) is 6.73. The summed E-state index contributed by atoms with van der Waals surface area (Å²) in [5.74, 6) is -3.59. The van der Waals surface area contributed by atoms with Crippen molar-refractivity contribution in [3.05, 3.63) is 29.0 Å². The lowest BCUT2D eigenvalue weighted by Gasteiger charge is -2.28. The molecule has 1 spiro atoms. The van der Waals surface area contributed by atoms with E-state index in [2.05, 4.69) is 5.10 Å². The first-order valence-corrected chi connectivity index (χ1v) is 8.47. The highest BCUT2D eigenvalue weighted by Gasteiger charge is 2.61. The van der Waals surface area contributed by atoms with Crippen molar-refractivity contribution >= 4 is 46.7 Å². The largest absolute Gasteiger partial charge is 0.461 e. The number of benzene rings is 1. The molecule has 2 heterocycles. The van der Waals surface area contributed by atoms with Gasteiger partial charge in [0.25, 0.3) is 5.91 Å². The third-order valence-electron chi connectivity index (χ3n) is 4.35. The standard InChI is InChI=1S/C17H15ClFN3O5/c1-3-27-15(25)13-7-17(22(20-13)9(2)23)8-14(24)21(16(17)26)10-4-5-11(18)12(19)6-10/h4-6H,3,7-8H2,1-2H3/t17-/m0/s1. The van der Waals surface area contributed by atoms with Crippen LogP contribution in [0.15, 0.2) is 23.3 Å². The Labute approximate surface area is 158 Å². The quantitative estimate of drug-likeness (QED) is 0.572. The lowest BCUT2D eigenvalue weighted by Crippen LogP contribution is -2.51. The van der Waals surface area contributed by atoms with E-state index in [1.54, 1.807) is 6.92 Å². The Balaban J connectivity index is 2.00. The smallest absolute Gasteiger partial charge is 0.354 e. The van der Waals surface area contributed by atoms with E-state index in [4.69, 9.17) is 16.3 Å². The predicted molar refractivity (Wildman–Crippen MR) is 92.5 cm³/mol. The number of carbonyl (C=O) groups is 4. The number of hydrazone groups is 1. The minimum Gasteiger partial charge on any atom is -0.461 e. The van der Waals surface area contributed by atoms with Crippen LogP contribution in [0.3, 0.4) is 0 Å². The SMILES string of the molecule is CCOC(=O)C1=NN(C(C)=O)[C@]2(CC(=O)N(c3ccc(Cl)c(F)c3)C2=O)C1. The Kier molecular flexibility index (Phi) is 4.73. The van der Waals surface area contributed by atoms with Crippen LogP contribution >= 0.6 is 11.6 Å². The average Bonchev–Trinajstić information content (AvgIpc) is 3.10. The Morgan fingerprint density at radius 1 is 1.33 bits per heavy atom. The number of anilines is 1. The van der Waals surface area contributed by atoms with Gasteiger partial charge in [0.1, 0.15) is 11.5 Å². The molecule has 2 aliphatic heterocycles. The van der Waals surface area contributed by atoms with Gasteiger partial charge in [-0.05, 0) is 25.1 Å². The Morgan fingerprint density at radius 3 is 2.63 bits per heavy atom. The minimum atomic E-state index is -1.67. The lowest BCUT2D eigenvalue weighted by molar-refractivity contribution is -0.141. The van der Waals surface area contributed by atoms with Gasteiger partial charge in [-0.25, -0.2) is 19.1 Å². The lowest BCUT2D eigenvalue weighted by atomic mass is 9.91. The summed E-state index contributed by atoms with van der Waals surface area (Å²) in [6.45, 7) is 2.86. The molecule has 0 saturated carbocycles. The summed E-state index contributed by atoms with van der Waals surface area (Å²) in [6, 6.07) is 3.49. The van der Waals surface area contributed by atoms with Crippen molar-refractivity contribution in [2.45, 2.75) is 32.2 Å². The Hall–Kier alpha value is -2.81. The van der Waals surface area contributed by atoms with Crippen molar-refractivity contribution in [3.63, 3.8) is 0 Å².